The highest BCUT2D eigenvalue weighted by atomic mass is 16.5. The number of nitrogens with zero attached hydrogens (tertiary/aromatic N) is 1. The zero-order valence-corrected chi connectivity index (χ0v) is 14.1. The summed E-state index contributed by atoms with van der Waals surface area (Å²) in [6.45, 7) is 8.36. The fourth-order valence-corrected chi connectivity index (χ4v) is 2.37. The topological polar surface area (TPSA) is 55.8 Å². The van der Waals surface area contributed by atoms with Crippen LogP contribution in [0.25, 0.3) is 6.08 Å². The third-order valence-corrected chi connectivity index (χ3v) is 3.36. The zero-order valence-electron chi connectivity index (χ0n) is 14.1. The summed E-state index contributed by atoms with van der Waals surface area (Å²) in [4.78, 5) is 25.0. The van der Waals surface area contributed by atoms with Gasteiger partial charge in [0.15, 0.2) is 0 Å². The van der Waals surface area contributed by atoms with Crippen molar-refractivity contribution in [2.24, 2.45) is 0 Å². The van der Waals surface area contributed by atoms with E-state index in [1.165, 1.54) is 6.08 Å². The first kappa shape index (κ1) is 19.1. The van der Waals surface area contributed by atoms with Gasteiger partial charge in [-0.25, -0.2) is 0 Å². The molecule has 0 aliphatic heterocycles. The minimum atomic E-state index is -0.427. The number of carbonyl (C=O) groups excluding carboxylic acids is 2. The molecular formula is C18H24NO4. The molecule has 1 rings (SSSR count). The Hall–Kier alpha value is -1.98. The van der Waals surface area contributed by atoms with Crippen LogP contribution in [0, 0.1) is 0 Å². The molecule has 1 amide bonds. The van der Waals surface area contributed by atoms with E-state index in [2.05, 4.69) is 0 Å². The summed E-state index contributed by atoms with van der Waals surface area (Å²) >= 11 is 0. The first-order chi connectivity index (χ1) is 11.1. The number of ether oxygens (including phenoxy) is 2. The van der Waals surface area contributed by atoms with E-state index >= 15 is 0 Å². The Balaban J connectivity index is 3.18. The molecule has 0 aliphatic rings. The molecule has 0 bridgehead atoms. The number of benzene rings is 1. The molecule has 2 atom stereocenters. The van der Waals surface area contributed by atoms with Gasteiger partial charge >= 0.3 is 0 Å². The SMILES string of the molecule is CCOC(C)N(C(=O)c1ccccc1/C=C/[C]=O)C(C)OCC. The summed E-state index contributed by atoms with van der Waals surface area (Å²) in [6, 6.07) is 7.08. The van der Waals surface area contributed by atoms with E-state index in [1.807, 2.05) is 33.8 Å². The summed E-state index contributed by atoms with van der Waals surface area (Å²) in [5.41, 5.74) is 1.13. The van der Waals surface area contributed by atoms with Crippen LogP contribution in [0.1, 0.15) is 43.6 Å². The average Bonchev–Trinajstić information content (AvgIpc) is 2.53. The lowest BCUT2D eigenvalue weighted by atomic mass is 10.1. The molecule has 125 valence electrons. The highest BCUT2D eigenvalue weighted by Crippen LogP contribution is 2.18. The van der Waals surface area contributed by atoms with Crippen molar-refractivity contribution in [2.45, 2.75) is 40.2 Å². The van der Waals surface area contributed by atoms with Gasteiger partial charge in [-0.3, -0.25) is 14.5 Å². The maximum Gasteiger partial charge on any atom is 0.258 e. The highest BCUT2D eigenvalue weighted by molar-refractivity contribution is 5.98. The Kier molecular flexibility index (Phi) is 8.22. The van der Waals surface area contributed by atoms with Crippen LogP contribution in [0.3, 0.4) is 0 Å². The van der Waals surface area contributed by atoms with E-state index in [-0.39, 0.29) is 5.91 Å². The maximum atomic E-state index is 13.0. The van der Waals surface area contributed by atoms with Crippen molar-refractivity contribution in [1.82, 2.24) is 4.90 Å². The van der Waals surface area contributed by atoms with Gasteiger partial charge < -0.3 is 9.47 Å². The quantitative estimate of drug-likeness (QED) is 0.519. The fourth-order valence-electron chi connectivity index (χ4n) is 2.37. The standard InChI is InChI=1S/C18H24NO4/c1-5-22-14(3)19(15(4)23-6-2)18(21)17-12-8-7-10-16(17)11-9-13-20/h7-12,14-15H,5-6H2,1-4H3/b11-9+. The molecule has 1 aromatic carbocycles. The van der Waals surface area contributed by atoms with Gasteiger partial charge in [-0.1, -0.05) is 24.3 Å². The molecule has 2 unspecified atom stereocenters. The molecule has 5 nitrogen and oxygen atoms in total. The molecular weight excluding hydrogens is 294 g/mol. The zero-order chi connectivity index (χ0) is 17.2. The summed E-state index contributed by atoms with van der Waals surface area (Å²) < 4.78 is 11.2. The van der Waals surface area contributed by atoms with Gasteiger partial charge in [-0.2, -0.15) is 0 Å². The highest BCUT2D eigenvalue weighted by Gasteiger charge is 2.28. The van der Waals surface area contributed by atoms with Crippen LogP contribution >= 0.6 is 0 Å². The van der Waals surface area contributed by atoms with E-state index in [0.717, 1.165) is 0 Å². The van der Waals surface area contributed by atoms with E-state index in [0.29, 0.717) is 24.3 Å². The number of carbonyl (C=O) groups is 1. The Bertz CT molecular complexity index is 530. The van der Waals surface area contributed by atoms with Gasteiger partial charge in [-0.05, 0) is 45.4 Å². The van der Waals surface area contributed by atoms with Crippen LogP contribution in [0.2, 0.25) is 0 Å². The Morgan fingerprint density at radius 2 is 1.74 bits per heavy atom. The lowest BCUT2D eigenvalue weighted by Crippen LogP contribution is -2.47. The van der Waals surface area contributed by atoms with Gasteiger partial charge in [-0.15, -0.1) is 0 Å². The number of amides is 1. The van der Waals surface area contributed by atoms with Crippen molar-refractivity contribution in [3.63, 3.8) is 0 Å². The molecule has 0 heterocycles. The largest absolute Gasteiger partial charge is 0.359 e. The van der Waals surface area contributed by atoms with Crippen LogP contribution in [0.4, 0.5) is 0 Å². The van der Waals surface area contributed by atoms with Crippen LogP contribution in [-0.2, 0) is 14.3 Å². The van der Waals surface area contributed by atoms with Gasteiger partial charge in [0.05, 0.1) is 0 Å². The summed E-state index contributed by atoms with van der Waals surface area (Å²) in [5, 5.41) is 0. The van der Waals surface area contributed by atoms with E-state index in [1.54, 1.807) is 35.5 Å². The number of hydrogen-bond donors (Lipinski definition) is 0. The normalized spacial score (nSPS) is 13.7. The van der Waals surface area contributed by atoms with Crippen molar-refractivity contribution < 1.29 is 19.1 Å². The van der Waals surface area contributed by atoms with Crippen molar-refractivity contribution in [1.29, 1.82) is 0 Å². The van der Waals surface area contributed by atoms with E-state index < -0.39 is 12.5 Å². The average molecular weight is 318 g/mol. The Morgan fingerprint density at radius 3 is 2.26 bits per heavy atom. The molecule has 1 aromatic rings. The van der Waals surface area contributed by atoms with Crippen molar-refractivity contribution in [2.75, 3.05) is 13.2 Å². The first-order valence-electron chi connectivity index (χ1n) is 7.75. The van der Waals surface area contributed by atoms with Crippen molar-refractivity contribution >= 4 is 18.3 Å². The summed E-state index contributed by atoms with van der Waals surface area (Å²) in [5.74, 6) is -0.210. The summed E-state index contributed by atoms with van der Waals surface area (Å²) in [6.07, 6.45) is 3.65. The Morgan fingerprint density at radius 1 is 1.17 bits per heavy atom. The molecule has 0 N–H and O–H groups in total. The third-order valence-electron chi connectivity index (χ3n) is 3.36. The van der Waals surface area contributed by atoms with E-state index in [4.69, 9.17) is 9.47 Å². The molecule has 1 radical (unpaired) electrons. The van der Waals surface area contributed by atoms with Gasteiger partial charge in [0.25, 0.3) is 5.91 Å². The minimum Gasteiger partial charge on any atom is -0.359 e. The molecule has 23 heavy (non-hydrogen) atoms. The van der Waals surface area contributed by atoms with Crippen LogP contribution in [0.15, 0.2) is 30.3 Å². The lowest BCUT2D eigenvalue weighted by molar-refractivity contribution is -0.113. The monoisotopic (exact) mass is 318 g/mol. The number of allylic oxidation sites excluding steroid dienone is 1. The van der Waals surface area contributed by atoms with Crippen LogP contribution in [-0.4, -0.2) is 42.8 Å². The second-order valence-electron chi connectivity index (χ2n) is 4.86. The van der Waals surface area contributed by atoms with Crippen molar-refractivity contribution in [3.05, 3.63) is 41.5 Å². The Labute approximate surface area is 137 Å². The third kappa shape index (κ3) is 5.30. The van der Waals surface area contributed by atoms with Crippen LogP contribution in [0.5, 0.6) is 0 Å². The molecule has 0 aliphatic carbocycles. The number of hydrogen-bond acceptors (Lipinski definition) is 4. The second kappa shape index (κ2) is 9.92. The predicted molar refractivity (Wildman–Crippen MR) is 89.5 cm³/mol. The van der Waals surface area contributed by atoms with Crippen molar-refractivity contribution in [3.8, 4) is 0 Å². The maximum absolute atomic E-state index is 13.0. The lowest BCUT2D eigenvalue weighted by Gasteiger charge is -2.34. The molecule has 0 aromatic heterocycles. The molecule has 0 spiro atoms. The minimum absolute atomic E-state index is 0.210. The molecule has 0 saturated carbocycles. The smallest absolute Gasteiger partial charge is 0.258 e. The van der Waals surface area contributed by atoms with Crippen LogP contribution < -0.4 is 0 Å². The number of rotatable bonds is 9. The molecule has 0 fully saturated rings. The predicted octanol–water partition coefficient (Wildman–Crippen LogP) is 3.02. The fraction of sp³-hybridized carbons (Fsp3) is 0.444. The second-order valence-corrected chi connectivity index (χ2v) is 4.86. The first-order valence-corrected chi connectivity index (χ1v) is 7.75. The van der Waals surface area contributed by atoms with Gasteiger partial charge in [0.1, 0.15) is 12.5 Å². The molecule has 0 saturated heterocycles. The molecule has 5 heteroatoms. The summed E-state index contributed by atoms with van der Waals surface area (Å²) in [7, 11) is 0. The van der Waals surface area contributed by atoms with E-state index in [9.17, 15) is 9.59 Å². The van der Waals surface area contributed by atoms with Gasteiger partial charge in [0.2, 0.25) is 6.29 Å². The van der Waals surface area contributed by atoms with Gasteiger partial charge in [0, 0.05) is 18.8 Å².